The number of nitrogens with zero attached hydrogens (tertiary/aromatic N) is 3. The number of esters is 1. The summed E-state index contributed by atoms with van der Waals surface area (Å²) in [6.07, 6.45) is 5.08. The van der Waals surface area contributed by atoms with Gasteiger partial charge in [-0.3, -0.25) is 9.59 Å². The van der Waals surface area contributed by atoms with Crippen LogP contribution < -0.4 is 10.2 Å². The van der Waals surface area contributed by atoms with E-state index in [4.69, 9.17) is 4.74 Å². The number of nitrogens with one attached hydrogen (secondary N) is 1. The first-order valence-electron chi connectivity index (χ1n) is 8.97. The maximum atomic E-state index is 12.5. The lowest BCUT2D eigenvalue weighted by molar-refractivity contribution is -0.141. The van der Waals surface area contributed by atoms with Gasteiger partial charge in [0.25, 0.3) is 5.91 Å². The van der Waals surface area contributed by atoms with Gasteiger partial charge in [-0.2, -0.15) is 0 Å². The summed E-state index contributed by atoms with van der Waals surface area (Å²) in [5, 5.41) is 3.57. The van der Waals surface area contributed by atoms with Crippen molar-refractivity contribution in [3.8, 4) is 0 Å². The molecule has 26 heavy (non-hydrogen) atoms. The number of rotatable bonds is 5. The molecule has 0 aliphatic carbocycles. The minimum atomic E-state index is -0.442. The molecule has 1 saturated heterocycles. The molecule has 7 nitrogen and oxygen atoms in total. The minimum absolute atomic E-state index is 0.137. The molecule has 0 radical (unpaired) electrons. The van der Waals surface area contributed by atoms with Gasteiger partial charge in [0.1, 0.15) is 23.5 Å². The number of piperidine rings is 1. The molecular formula is C18H24N4O3S. The van der Waals surface area contributed by atoms with Gasteiger partial charge in [-0.1, -0.05) is 0 Å². The highest BCUT2D eigenvalue weighted by Crippen LogP contribution is 2.36. The van der Waals surface area contributed by atoms with E-state index in [2.05, 4.69) is 27.1 Å². The molecule has 0 saturated carbocycles. The summed E-state index contributed by atoms with van der Waals surface area (Å²) in [6, 6.07) is 0.419. The third-order valence-electron chi connectivity index (χ3n) is 4.69. The first-order valence-corrected chi connectivity index (χ1v) is 9.79. The molecular weight excluding hydrogens is 352 g/mol. The van der Waals surface area contributed by atoms with Crippen LogP contribution in [0.15, 0.2) is 6.33 Å². The molecule has 8 heteroatoms. The monoisotopic (exact) mass is 376 g/mol. The second-order valence-electron chi connectivity index (χ2n) is 6.46. The molecule has 3 rings (SSSR count). The van der Waals surface area contributed by atoms with Crippen LogP contribution >= 0.6 is 11.3 Å². The Hall–Kier alpha value is -2.22. The molecule has 1 atom stereocenters. The number of fused-ring (bicyclic) bond motifs is 1. The smallest absolute Gasteiger partial charge is 0.325 e. The molecule has 1 aliphatic rings. The van der Waals surface area contributed by atoms with Crippen LogP contribution in [0.5, 0.6) is 0 Å². The van der Waals surface area contributed by atoms with E-state index in [0.29, 0.717) is 17.5 Å². The minimum Gasteiger partial charge on any atom is -0.465 e. The molecule has 2 aromatic heterocycles. The number of amides is 1. The quantitative estimate of drug-likeness (QED) is 0.808. The summed E-state index contributed by atoms with van der Waals surface area (Å²) in [5.41, 5.74) is 0.861. The average molecular weight is 376 g/mol. The van der Waals surface area contributed by atoms with Crippen molar-refractivity contribution >= 4 is 39.2 Å². The van der Waals surface area contributed by atoms with Crippen LogP contribution in [0.2, 0.25) is 0 Å². The van der Waals surface area contributed by atoms with Crippen molar-refractivity contribution in [3.05, 3.63) is 16.8 Å². The van der Waals surface area contributed by atoms with E-state index in [0.717, 1.165) is 41.0 Å². The second-order valence-corrected chi connectivity index (χ2v) is 7.46. The summed E-state index contributed by atoms with van der Waals surface area (Å²) in [7, 11) is 0. The molecule has 140 valence electrons. The van der Waals surface area contributed by atoms with E-state index in [-0.39, 0.29) is 12.5 Å². The van der Waals surface area contributed by atoms with E-state index in [9.17, 15) is 9.59 Å². The van der Waals surface area contributed by atoms with Gasteiger partial charge in [-0.25, -0.2) is 9.97 Å². The molecule has 2 aromatic rings. The van der Waals surface area contributed by atoms with Crippen molar-refractivity contribution in [2.75, 3.05) is 24.6 Å². The zero-order valence-corrected chi connectivity index (χ0v) is 16.2. The number of aromatic nitrogens is 2. The van der Waals surface area contributed by atoms with Gasteiger partial charge in [-0.05, 0) is 45.6 Å². The normalized spacial score (nSPS) is 17.3. The number of aryl methyl sites for hydroxylation is 1. The predicted octanol–water partition coefficient (Wildman–Crippen LogP) is 2.67. The lowest BCUT2D eigenvalue weighted by Gasteiger charge is -2.34. The number of anilines is 1. The number of carbonyl (C=O) groups is 2. The molecule has 0 bridgehead atoms. The Kier molecular flexibility index (Phi) is 5.70. The van der Waals surface area contributed by atoms with Crippen LogP contribution in [0.3, 0.4) is 0 Å². The fourth-order valence-corrected chi connectivity index (χ4v) is 4.40. The third kappa shape index (κ3) is 3.65. The van der Waals surface area contributed by atoms with Crippen LogP contribution in [0, 0.1) is 6.92 Å². The molecule has 1 fully saturated rings. The van der Waals surface area contributed by atoms with Gasteiger partial charge in [0, 0.05) is 12.6 Å². The van der Waals surface area contributed by atoms with E-state index in [1.165, 1.54) is 17.8 Å². The fraction of sp³-hybridized carbons (Fsp3) is 0.556. The van der Waals surface area contributed by atoms with Crippen molar-refractivity contribution in [2.45, 2.75) is 46.1 Å². The molecule has 0 aromatic carbocycles. The summed E-state index contributed by atoms with van der Waals surface area (Å²) in [6.45, 7) is 6.98. The van der Waals surface area contributed by atoms with Crippen molar-refractivity contribution in [2.24, 2.45) is 0 Å². The number of ether oxygens (including phenoxy) is 1. The van der Waals surface area contributed by atoms with E-state index in [1.54, 1.807) is 13.3 Å². The largest absolute Gasteiger partial charge is 0.465 e. The van der Waals surface area contributed by atoms with Crippen molar-refractivity contribution in [3.63, 3.8) is 0 Å². The van der Waals surface area contributed by atoms with Gasteiger partial charge in [0.2, 0.25) is 0 Å². The molecule has 1 N–H and O–H groups in total. The summed E-state index contributed by atoms with van der Waals surface area (Å²) in [5.74, 6) is 0.179. The summed E-state index contributed by atoms with van der Waals surface area (Å²) >= 11 is 1.33. The lowest BCUT2D eigenvalue weighted by atomic mass is 10.0. The molecule has 0 spiro atoms. The molecule has 1 aliphatic heterocycles. The molecule has 3 heterocycles. The Bertz CT molecular complexity index is 820. The average Bonchev–Trinajstić information content (AvgIpc) is 2.98. The number of thiophene rings is 1. The maximum absolute atomic E-state index is 12.5. The van der Waals surface area contributed by atoms with E-state index < -0.39 is 5.97 Å². The first kappa shape index (κ1) is 18.6. The van der Waals surface area contributed by atoms with Gasteiger partial charge >= 0.3 is 5.97 Å². The maximum Gasteiger partial charge on any atom is 0.325 e. The van der Waals surface area contributed by atoms with Crippen LogP contribution in [-0.4, -0.2) is 47.6 Å². The number of hydrogen-bond donors (Lipinski definition) is 1. The van der Waals surface area contributed by atoms with Crippen LogP contribution in [-0.2, 0) is 9.53 Å². The van der Waals surface area contributed by atoms with Gasteiger partial charge in [0.15, 0.2) is 0 Å². The van der Waals surface area contributed by atoms with E-state index >= 15 is 0 Å². The van der Waals surface area contributed by atoms with Crippen LogP contribution in [0.4, 0.5) is 5.82 Å². The molecule has 1 amide bonds. The third-order valence-corrected chi connectivity index (χ3v) is 5.89. The van der Waals surface area contributed by atoms with Crippen molar-refractivity contribution in [1.29, 1.82) is 0 Å². The Morgan fingerprint density at radius 3 is 2.92 bits per heavy atom. The Labute approximate surface area is 156 Å². The Morgan fingerprint density at radius 1 is 1.38 bits per heavy atom. The van der Waals surface area contributed by atoms with Gasteiger partial charge in [-0.15, -0.1) is 11.3 Å². The molecule has 0 unspecified atom stereocenters. The van der Waals surface area contributed by atoms with Crippen LogP contribution in [0.1, 0.15) is 48.3 Å². The standard InChI is InChI=1S/C18H24N4O3S/c1-4-25-13(23)9-19-17(24)15-12(3)14-16(20-10-21-18(14)26-15)22-8-6-5-7-11(22)2/h10-11H,4-9H2,1-3H3,(H,19,24)/t11-/m0/s1. The predicted molar refractivity (Wildman–Crippen MR) is 102 cm³/mol. The highest BCUT2D eigenvalue weighted by atomic mass is 32.1. The number of carbonyl (C=O) groups excluding carboxylic acids is 2. The summed E-state index contributed by atoms with van der Waals surface area (Å²) < 4.78 is 4.85. The van der Waals surface area contributed by atoms with Crippen molar-refractivity contribution in [1.82, 2.24) is 15.3 Å². The summed E-state index contributed by atoms with van der Waals surface area (Å²) in [4.78, 5) is 36.6. The highest BCUT2D eigenvalue weighted by molar-refractivity contribution is 7.20. The highest BCUT2D eigenvalue weighted by Gasteiger charge is 2.25. The van der Waals surface area contributed by atoms with Gasteiger partial charge < -0.3 is 15.0 Å². The zero-order chi connectivity index (χ0) is 18.7. The zero-order valence-electron chi connectivity index (χ0n) is 15.4. The first-order chi connectivity index (χ1) is 12.5. The van der Waals surface area contributed by atoms with Crippen molar-refractivity contribution < 1.29 is 14.3 Å². The SMILES string of the molecule is CCOC(=O)CNC(=O)c1sc2ncnc(N3CCCC[C@@H]3C)c2c1C. The van der Waals surface area contributed by atoms with Gasteiger partial charge in [0.05, 0.1) is 16.9 Å². The van der Waals surface area contributed by atoms with Crippen LogP contribution in [0.25, 0.3) is 10.2 Å². The lowest BCUT2D eigenvalue weighted by Crippen LogP contribution is -2.38. The Balaban J connectivity index is 1.89. The second kappa shape index (κ2) is 7.99. The van der Waals surface area contributed by atoms with E-state index in [1.807, 2.05) is 6.92 Å². The number of hydrogen-bond acceptors (Lipinski definition) is 7. The Morgan fingerprint density at radius 2 is 2.19 bits per heavy atom. The topological polar surface area (TPSA) is 84.4 Å². The fourth-order valence-electron chi connectivity index (χ4n) is 3.34.